The van der Waals surface area contributed by atoms with E-state index in [1.807, 2.05) is 18.2 Å². The molecule has 1 heterocycles. The lowest BCUT2D eigenvalue weighted by molar-refractivity contribution is -0.124. The van der Waals surface area contributed by atoms with E-state index in [0.29, 0.717) is 36.4 Å². The molecular formula is C23H38ClF3N4O2. The Balaban J connectivity index is 0.000000801. The quantitative estimate of drug-likeness (QED) is 0.537. The number of rotatable bonds is 7. The molecule has 5 N–H and O–H groups in total. The Labute approximate surface area is 200 Å². The Morgan fingerprint density at radius 2 is 1.76 bits per heavy atom. The molecule has 10 heteroatoms. The van der Waals surface area contributed by atoms with Crippen LogP contribution in [0, 0.1) is 11.8 Å². The summed E-state index contributed by atoms with van der Waals surface area (Å²) >= 11 is 6.29. The number of para-hydroxylation sites is 1. The number of aliphatic hydroxyl groups is 1. The number of anilines is 1. The largest absolute Gasteiger partial charge is 0.400 e. The summed E-state index contributed by atoms with van der Waals surface area (Å²) in [5, 5.41) is 11.1. The molecule has 33 heavy (non-hydrogen) atoms. The number of nitrogens with two attached hydrogens (primary N) is 2. The van der Waals surface area contributed by atoms with Crippen molar-refractivity contribution in [1.82, 2.24) is 4.90 Å². The predicted molar refractivity (Wildman–Crippen MR) is 127 cm³/mol. The molecule has 0 unspecified atom stereocenters. The Hall–Kier alpha value is -1.39. The first kappa shape index (κ1) is 29.6. The summed E-state index contributed by atoms with van der Waals surface area (Å²) < 4.78 is 32.0. The first-order chi connectivity index (χ1) is 15.1. The lowest BCUT2D eigenvalue weighted by Crippen LogP contribution is -2.64. The number of benzene rings is 1. The van der Waals surface area contributed by atoms with E-state index in [-0.39, 0.29) is 24.0 Å². The summed E-state index contributed by atoms with van der Waals surface area (Å²) in [6.07, 6.45) is -4.08. The molecule has 190 valence electrons. The second-order valence-electron chi connectivity index (χ2n) is 9.63. The van der Waals surface area contributed by atoms with Crippen LogP contribution in [-0.2, 0) is 4.79 Å². The molecule has 1 amide bonds. The van der Waals surface area contributed by atoms with Gasteiger partial charge in [-0.2, -0.15) is 13.2 Å². The van der Waals surface area contributed by atoms with Gasteiger partial charge in [0.25, 0.3) is 0 Å². The van der Waals surface area contributed by atoms with Gasteiger partial charge in [-0.1, -0.05) is 44.5 Å². The van der Waals surface area contributed by atoms with E-state index in [0.717, 1.165) is 5.69 Å². The second kappa shape index (κ2) is 12.4. The smallest absolute Gasteiger partial charge is 0.391 e. The van der Waals surface area contributed by atoms with Crippen molar-refractivity contribution in [2.24, 2.45) is 23.3 Å². The van der Waals surface area contributed by atoms with Crippen molar-refractivity contribution in [3.63, 3.8) is 0 Å². The van der Waals surface area contributed by atoms with Crippen molar-refractivity contribution in [3.8, 4) is 0 Å². The Kier molecular flexibility index (Phi) is 11.1. The SMILES string of the molecule is CC(C)[C@@H](C)C[C@H](O)[C@@H](N)CN1CC(=O)N(c2ccccc2Cl)CC1(C)C.NCC(F)(F)F. The molecule has 0 spiro atoms. The zero-order chi connectivity index (χ0) is 25.6. The maximum absolute atomic E-state index is 12.8. The van der Waals surface area contributed by atoms with Crippen LogP contribution in [0.3, 0.4) is 0 Å². The van der Waals surface area contributed by atoms with E-state index in [2.05, 4.69) is 45.3 Å². The highest BCUT2D eigenvalue weighted by atomic mass is 35.5. The third kappa shape index (κ3) is 9.41. The molecule has 1 saturated heterocycles. The normalized spacial score (nSPS) is 19.7. The number of halogens is 4. The van der Waals surface area contributed by atoms with Crippen LogP contribution in [0.25, 0.3) is 0 Å². The van der Waals surface area contributed by atoms with Gasteiger partial charge in [-0.3, -0.25) is 9.69 Å². The average molecular weight is 495 g/mol. The highest BCUT2D eigenvalue weighted by Crippen LogP contribution is 2.31. The Morgan fingerprint density at radius 3 is 2.24 bits per heavy atom. The van der Waals surface area contributed by atoms with Crippen molar-refractivity contribution in [1.29, 1.82) is 0 Å². The van der Waals surface area contributed by atoms with Gasteiger partial charge in [-0.25, -0.2) is 0 Å². The summed E-state index contributed by atoms with van der Waals surface area (Å²) in [4.78, 5) is 16.6. The van der Waals surface area contributed by atoms with Gasteiger partial charge in [0.2, 0.25) is 5.91 Å². The topological polar surface area (TPSA) is 95.8 Å². The van der Waals surface area contributed by atoms with Gasteiger partial charge in [0.05, 0.1) is 29.9 Å². The highest BCUT2D eigenvalue weighted by molar-refractivity contribution is 6.33. The van der Waals surface area contributed by atoms with Crippen LogP contribution in [0.5, 0.6) is 0 Å². The minimum Gasteiger partial charge on any atom is -0.391 e. The van der Waals surface area contributed by atoms with Crippen molar-refractivity contribution < 1.29 is 23.1 Å². The molecule has 1 aromatic carbocycles. The monoisotopic (exact) mass is 494 g/mol. The zero-order valence-corrected chi connectivity index (χ0v) is 20.8. The summed E-state index contributed by atoms with van der Waals surface area (Å²) in [6, 6.07) is 7.03. The van der Waals surface area contributed by atoms with Crippen LogP contribution in [0.2, 0.25) is 5.02 Å². The van der Waals surface area contributed by atoms with Crippen LogP contribution in [0.4, 0.5) is 18.9 Å². The number of nitrogens with zero attached hydrogens (tertiary/aromatic N) is 2. The summed E-state index contributed by atoms with van der Waals surface area (Å²) in [7, 11) is 0. The molecule has 6 nitrogen and oxygen atoms in total. The van der Waals surface area contributed by atoms with E-state index >= 15 is 0 Å². The maximum Gasteiger partial charge on any atom is 0.400 e. The molecule has 0 aromatic heterocycles. The molecular weight excluding hydrogens is 457 g/mol. The van der Waals surface area contributed by atoms with Crippen LogP contribution >= 0.6 is 11.6 Å². The summed E-state index contributed by atoms with van der Waals surface area (Å²) in [6.45, 7) is 10.7. The van der Waals surface area contributed by atoms with Crippen molar-refractivity contribution >= 4 is 23.2 Å². The fourth-order valence-corrected chi connectivity index (χ4v) is 3.68. The van der Waals surface area contributed by atoms with Crippen LogP contribution < -0.4 is 16.4 Å². The van der Waals surface area contributed by atoms with Crippen LogP contribution in [0.15, 0.2) is 24.3 Å². The maximum atomic E-state index is 12.8. The molecule has 0 bridgehead atoms. The van der Waals surface area contributed by atoms with Crippen molar-refractivity contribution in [3.05, 3.63) is 29.3 Å². The first-order valence-electron chi connectivity index (χ1n) is 11.1. The van der Waals surface area contributed by atoms with Gasteiger partial charge in [0.1, 0.15) is 0 Å². The Bertz CT molecular complexity index is 761. The average Bonchev–Trinajstić information content (AvgIpc) is 2.70. The molecule has 0 saturated carbocycles. The van der Waals surface area contributed by atoms with Crippen LogP contribution in [0.1, 0.15) is 41.0 Å². The number of carbonyl (C=O) groups excluding carboxylic acids is 1. The first-order valence-corrected chi connectivity index (χ1v) is 11.5. The number of amides is 1. The number of piperazine rings is 1. The van der Waals surface area contributed by atoms with Gasteiger partial charge < -0.3 is 21.5 Å². The fraction of sp³-hybridized carbons (Fsp3) is 0.696. The Morgan fingerprint density at radius 1 is 1.21 bits per heavy atom. The van der Waals surface area contributed by atoms with Gasteiger partial charge in [0.15, 0.2) is 0 Å². The third-order valence-corrected chi connectivity index (χ3v) is 6.40. The second-order valence-corrected chi connectivity index (χ2v) is 10.0. The van der Waals surface area contributed by atoms with Crippen LogP contribution in [-0.4, -0.2) is 66.0 Å². The predicted octanol–water partition coefficient (Wildman–Crippen LogP) is 3.65. The molecule has 2 rings (SSSR count). The number of hydrogen-bond donors (Lipinski definition) is 3. The van der Waals surface area contributed by atoms with E-state index in [9.17, 15) is 23.1 Å². The molecule has 1 fully saturated rings. The minimum absolute atomic E-state index is 0.000312. The van der Waals surface area contributed by atoms with Gasteiger partial charge in [-0.15, -0.1) is 0 Å². The third-order valence-electron chi connectivity index (χ3n) is 6.08. The molecule has 1 aliphatic heterocycles. The lowest BCUT2D eigenvalue weighted by Gasteiger charge is -2.47. The van der Waals surface area contributed by atoms with E-state index in [1.165, 1.54) is 0 Å². The molecule has 1 aliphatic rings. The molecule has 0 aliphatic carbocycles. The number of alkyl halides is 3. The molecule has 0 radical (unpaired) electrons. The van der Waals surface area contributed by atoms with Gasteiger partial charge in [-0.05, 0) is 44.2 Å². The number of hydrogen-bond acceptors (Lipinski definition) is 5. The standard InChI is InChI=1S/C21H34ClN3O2.C2H4F3N/c1-14(2)15(3)10-19(26)17(23)11-24-12-20(27)25(13-21(24,4)5)18-9-7-6-8-16(18)22;3-2(4,5)1-6/h6-9,14-15,17,19,26H,10-13,23H2,1-5H3;1,6H2/t15-,17-,19-;/m0./s1. The molecule has 1 aromatic rings. The van der Waals surface area contributed by atoms with E-state index < -0.39 is 18.8 Å². The van der Waals surface area contributed by atoms with Crippen molar-refractivity contribution in [2.75, 3.05) is 31.1 Å². The molecule has 3 atom stereocenters. The van der Waals surface area contributed by atoms with Gasteiger partial charge in [0, 0.05) is 24.7 Å². The summed E-state index contributed by atoms with van der Waals surface area (Å²) in [5.41, 5.74) is 10.9. The number of aliphatic hydroxyl groups excluding tert-OH is 1. The number of carbonyl (C=O) groups is 1. The minimum atomic E-state index is -4.18. The van der Waals surface area contributed by atoms with E-state index in [1.54, 1.807) is 11.0 Å². The zero-order valence-electron chi connectivity index (χ0n) is 20.1. The van der Waals surface area contributed by atoms with Crippen molar-refractivity contribution in [2.45, 2.75) is 64.9 Å². The fourth-order valence-electron chi connectivity index (χ4n) is 3.44. The summed E-state index contributed by atoms with van der Waals surface area (Å²) in [5.74, 6) is 0.904. The van der Waals surface area contributed by atoms with Gasteiger partial charge >= 0.3 is 6.18 Å². The highest BCUT2D eigenvalue weighted by Gasteiger charge is 2.40. The van der Waals surface area contributed by atoms with E-state index in [4.69, 9.17) is 17.3 Å². The lowest BCUT2D eigenvalue weighted by atomic mass is 9.89.